The van der Waals surface area contributed by atoms with Crippen LogP contribution in [-0.4, -0.2) is 37.6 Å². The van der Waals surface area contributed by atoms with Crippen molar-refractivity contribution < 1.29 is 9.13 Å². The largest absolute Gasteiger partial charge is 0.486 e. The fourth-order valence-corrected chi connectivity index (χ4v) is 4.07. The topological polar surface area (TPSA) is 15.7 Å². The Morgan fingerprint density at radius 2 is 1.50 bits per heavy atom. The first-order chi connectivity index (χ1) is 14.7. The van der Waals surface area contributed by atoms with E-state index in [2.05, 4.69) is 53.1 Å². The summed E-state index contributed by atoms with van der Waals surface area (Å²) in [7, 11) is 0. The molecule has 0 N–H and O–H groups in total. The van der Waals surface area contributed by atoms with Crippen LogP contribution in [0.15, 0.2) is 78.9 Å². The summed E-state index contributed by atoms with van der Waals surface area (Å²) in [5.74, 6) is 0.458. The van der Waals surface area contributed by atoms with Gasteiger partial charge in [0.2, 0.25) is 0 Å². The van der Waals surface area contributed by atoms with Crippen molar-refractivity contribution in [2.75, 3.05) is 37.6 Å². The summed E-state index contributed by atoms with van der Waals surface area (Å²) in [6.45, 7) is 7.33. The molecule has 1 heterocycles. The molecule has 1 fully saturated rings. The lowest BCUT2D eigenvalue weighted by molar-refractivity contribution is 0.160. The van der Waals surface area contributed by atoms with Crippen molar-refractivity contribution in [3.8, 4) is 5.75 Å². The molecule has 1 atom stereocenters. The Hall–Kier alpha value is -2.85. The van der Waals surface area contributed by atoms with Gasteiger partial charge in [-0.15, -0.1) is 0 Å². The van der Waals surface area contributed by atoms with Crippen molar-refractivity contribution in [2.45, 2.75) is 19.4 Å². The fraction of sp³-hybridized carbons (Fsp3) is 0.308. The summed E-state index contributed by atoms with van der Waals surface area (Å²) < 4.78 is 19.5. The van der Waals surface area contributed by atoms with Gasteiger partial charge in [-0.1, -0.05) is 48.5 Å². The summed E-state index contributed by atoms with van der Waals surface area (Å²) in [5.41, 5.74) is 3.84. The number of benzene rings is 3. The minimum atomic E-state index is -0.245. The molecular weight excluding hydrogens is 375 g/mol. The molecule has 156 valence electrons. The maximum absolute atomic E-state index is 13.3. The lowest BCUT2D eigenvalue weighted by Gasteiger charge is -2.37. The van der Waals surface area contributed by atoms with Gasteiger partial charge in [-0.2, -0.15) is 0 Å². The highest BCUT2D eigenvalue weighted by Gasteiger charge is 2.20. The third-order valence-electron chi connectivity index (χ3n) is 5.80. The van der Waals surface area contributed by atoms with Crippen molar-refractivity contribution in [3.05, 3.63) is 95.8 Å². The smallest absolute Gasteiger partial charge is 0.125 e. The van der Waals surface area contributed by atoms with Crippen LogP contribution in [0.4, 0.5) is 10.1 Å². The van der Waals surface area contributed by atoms with Crippen LogP contribution in [0.25, 0.3) is 0 Å². The molecule has 0 bridgehead atoms. The number of piperazine rings is 1. The Balaban J connectivity index is 1.36. The maximum atomic E-state index is 13.3. The summed E-state index contributed by atoms with van der Waals surface area (Å²) in [5, 5.41) is 0. The predicted octanol–water partition coefficient (Wildman–Crippen LogP) is 5.47. The van der Waals surface area contributed by atoms with Gasteiger partial charge < -0.3 is 9.64 Å². The second-order valence-electron chi connectivity index (χ2n) is 7.87. The molecule has 0 radical (unpaired) electrons. The number of hydrogen-bond donors (Lipinski definition) is 0. The van der Waals surface area contributed by atoms with E-state index in [1.54, 1.807) is 12.1 Å². The SMILES string of the molecule is Cc1ccccc1N1CCN(CCC(Oc2ccc(F)cc2)c2ccccc2)CC1. The van der Waals surface area contributed by atoms with Crippen LogP contribution in [0.3, 0.4) is 0 Å². The molecule has 0 saturated carbocycles. The van der Waals surface area contributed by atoms with Crippen LogP contribution in [-0.2, 0) is 0 Å². The number of rotatable bonds is 7. The van der Waals surface area contributed by atoms with E-state index in [-0.39, 0.29) is 11.9 Å². The van der Waals surface area contributed by atoms with Crippen molar-refractivity contribution in [2.24, 2.45) is 0 Å². The normalized spacial score (nSPS) is 15.7. The average Bonchev–Trinajstić information content (AvgIpc) is 2.79. The number of halogens is 1. The van der Waals surface area contributed by atoms with Crippen LogP contribution in [0.1, 0.15) is 23.7 Å². The summed E-state index contributed by atoms with van der Waals surface area (Å²) >= 11 is 0. The maximum Gasteiger partial charge on any atom is 0.125 e. The highest BCUT2D eigenvalue weighted by molar-refractivity contribution is 5.53. The molecule has 1 saturated heterocycles. The van der Waals surface area contributed by atoms with Crippen molar-refractivity contribution >= 4 is 5.69 Å². The van der Waals surface area contributed by atoms with E-state index in [1.807, 2.05) is 18.2 Å². The van der Waals surface area contributed by atoms with E-state index in [1.165, 1.54) is 23.4 Å². The molecule has 4 heteroatoms. The summed E-state index contributed by atoms with van der Waals surface area (Å²) in [6, 6.07) is 25.2. The third kappa shape index (κ3) is 5.19. The van der Waals surface area contributed by atoms with E-state index in [4.69, 9.17) is 4.74 Å². The van der Waals surface area contributed by atoms with Gasteiger partial charge in [0.1, 0.15) is 17.7 Å². The van der Waals surface area contributed by atoms with Gasteiger partial charge in [0, 0.05) is 44.8 Å². The van der Waals surface area contributed by atoms with Gasteiger partial charge in [-0.05, 0) is 48.4 Å². The van der Waals surface area contributed by atoms with E-state index >= 15 is 0 Å². The summed E-state index contributed by atoms with van der Waals surface area (Å²) in [4.78, 5) is 4.99. The Labute approximate surface area is 178 Å². The molecule has 0 amide bonds. The quantitative estimate of drug-likeness (QED) is 0.520. The molecule has 0 aliphatic carbocycles. The molecule has 1 unspecified atom stereocenters. The fourth-order valence-electron chi connectivity index (χ4n) is 4.07. The molecule has 3 aromatic carbocycles. The Morgan fingerprint density at radius 3 is 2.20 bits per heavy atom. The molecule has 0 spiro atoms. The van der Waals surface area contributed by atoms with Crippen LogP contribution in [0.2, 0.25) is 0 Å². The molecule has 30 heavy (non-hydrogen) atoms. The Bertz CT molecular complexity index is 921. The average molecular weight is 405 g/mol. The lowest BCUT2D eigenvalue weighted by Crippen LogP contribution is -2.47. The molecule has 1 aliphatic rings. The zero-order valence-electron chi connectivity index (χ0n) is 17.5. The Morgan fingerprint density at radius 1 is 0.833 bits per heavy atom. The molecule has 0 aromatic heterocycles. The molecule has 3 aromatic rings. The van der Waals surface area contributed by atoms with E-state index in [0.29, 0.717) is 5.75 Å². The van der Waals surface area contributed by atoms with Gasteiger partial charge in [0.15, 0.2) is 0 Å². The summed E-state index contributed by atoms with van der Waals surface area (Å²) in [6.07, 6.45) is 0.845. The van der Waals surface area contributed by atoms with Crippen molar-refractivity contribution in [3.63, 3.8) is 0 Å². The number of nitrogens with zero attached hydrogens (tertiary/aromatic N) is 2. The zero-order chi connectivity index (χ0) is 20.8. The number of aryl methyl sites for hydroxylation is 1. The molecular formula is C26H29FN2O. The predicted molar refractivity (Wildman–Crippen MR) is 121 cm³/mol. The molecule has 3 nitrogen and oxygen atoms in total. The molecule has 4 rings (SSSR count). The Kier molecular flexibility index (Phi) is 6.65. The van der Waals surface area contributed by atoms with E-state index < -0.39 is 0 Å². The highest BCUT2D eigenvalue weighted by atomic mass is 19.1. The highest BCUT2D eigenvalue weighted by Crippen LogP contribution is 2.26. The number of ether oxygens (including phenoxy) is 1. The first-order valence-electron chi connectivity index (χ1n) is 10.7. The first-order valence-corrected chi connectivity index (χ1v) is 10.7. The van der Waals surface area contributed by atoms with Gasteiger partial charge in [0.05, 0.1) is 0 Å². The van der Waals surface area contributed by atoms with Gasteiger partial charge >= 0.3 is 0 Å². The second kappa shape index (κ2) is 9.77. The second-order valence-corrected chi connectivity index (χ2v) is 7.87. The van der Waals surface area contributed by atoms with Crippen LogP contribution in [0, 0.1) is 12.7 Å². The van der Waals surface area contributed by atoms with Gasteiger partial charge in [-0.25, -0.2) is 4.39 Å². The van der Waals surface area contributed by atoms with E-state index in [9.17, 15) is 4.39 Å². The third-order valence-corrected chi connectivity index (χ3v) is 5.80. The van der Waals surface area contributed by atoms with Crippen molar-refractivity contribution in [1.29, 1.82) is 0 Å². The van der Waals surface area contributed by atoms with E-state index in [0.717, 1.165) is 44.7 Å². The standard InChI is InChI=1S/C26H29FN2O/c1-21-7-5-6-10-25(21)29-19-17-28(18-20-29)16-15-26(22-8-3-2-4-9-22)30-24-13-11-23(27)12-14-24/h2-14,26H,15-20H2,1H3. The van der Waals surface area contributed by atoms with Gasteiger partial charge in [0.25, 0.3) is 0 Å². The van der Waals surface area contributed by atoms with Crippen molar-refractivity contribution in [1.82, 2.24) is 4.90 Å². The van der Waals surface area contributed by atoms with Crippen LogP contribution >= 0.6 is 0 Å². The first kappa shape index (κ1) is 20.4. The van der Waals surface area contributed by atoms with Gasteiger partial charge in [-0.3, -0.25) is 4.90 Å². The number of anilines is 1. The minimum Gasteiger partial charge on any atom is -0.486 e. The zero-order valence-corrected chi connectivity index (χ0v) is 17.5. The van der Waals surface area contributed by atoms with Crippen LogP contribution in [0.5, 0.6) is 5.75 Å². The van der Waals surface area contributed by atoms with Crippen LogP contribution < -0.4 is 9.64 Å². The molecule has 1 aliphatic heterocycles. The lowest BCUT2D eigenvalue weighted by atomic mass is 10.1. The minimum absolute atomic E-state index is 0.0499. The number of para-hydroxylation sites is 1. The monoisotopic (exact) mass is 404 g/mol. The number of hydrogen-bond acceptors (Lipinski definition) is 3.